The summed E-state index contributed by atoms with van der Waals surface area (Å²) in [6, 6.07) is 0.306. The van der Waals surface area contributed by atoms with Crippen LogP contribution in [0, 0.1) is 23.7 Å². The molecule has 5 atom stereocenters. The van der Waals surface area contributed by atoms with Crippen LogP contribution in [0.2, 0.25) is 0 Å². The largest absolute Gasteiger partial charge is 0.391 e. The number of rotatable bonds is 5. The van der Waals surface area contributed by atoms with Crippen molar-refractivity contribution in [1.29, 1.82) is 0 Å². The van der Waals surface area contributed by atoms with Gasteiger partial charge in [0.1, 0.15) is 0 Å². The van der Waals surface area contributed by atoms with E-state index in [1.54, 1.807) is 5.57 Å². The first-order valence-electron chi connectivity index (χ1n) is 9.33. The van der Waals surface area contributed by atoms with Crippen molar-refractivity contribution in [3.05, 3.63) is 24.3 Å². The molecule has 0 radical (unpaired) electrons. The lowest BCUT2D eigenvalue weighted by atomic mass is 9.69. The summed E-state index contributed by atoms with van der Waals surface area (Å²) in [5, 5.41) is 10.8. The summed E-state index contributed by atoms with van der Waals surface area (Å²) in [4.78, 5) is 2.50. The van der Waals surface area contributed by atoms with E-state index in [9.17, 15) is 5.11 Å². The highest BCUT2D eigenvalue weighted by Crippen LogP contribution is 2.47. The lowest BCUT2D eigenvalue weighted by molar-refractivity contribution is 0.0493. The molecule has 2 heteroatoms. The smallest absolute Gasteiger partial charge is 0.0703 e. The third-order valence-corrected chi connectivity index (χ3v) is 6.09. The summed E-state index contributed by atoms with van der Waals surface area (Å²) in [7, 11) is 0. The van der Waals surface area contributed by atoms with Gasteiger partial charge < -0.3 is 5.11 Å². The van der Waals surface area contributed by atoms with Gasteiger partial charge in [-0.15, -0.1) is 6.58 Å². The van der Waals surface area contributed by atoms with E-state index in [1.165, 1.54) is 32.1 Å². The van der Waals surface area contributed by atoms with E-state index in [0.29, 0.717) is 17.9 Å². The van der Waals surface area contributed by atoms with E-state index >= 15 is 0 Å². The van der Waals surface area contributed by atoms with Gasteiger partial charge in [-0.05, 0) is 55.8 Å². The van der Waals surface area contributed by atoms with Crippen molar-refractivity contribution in [2.45, 2.75) is 64.5 Å². The molecule has 1 N–H and O–H groups in total. The number of likely N-dealkylation sites (tertiary alicyclic amines) is 1. The number of fused-ring (bicyclic) bond motifs is 2. The quantitative estimate of drug-likeness (QED) is 0.776. The first kappa shape index (κ1) is 16.3. The molecule has 1 heterocycles. The topological polar surface area (TPSA) is 23.5 Å². The molecule has 0 unspecified atom stereocenters. The van der Waals surface area contributed by atoms with E-state index in [2.05, 4.69) is 31.4 Å². The van der Waals surface area contributed by atoms with Crippen LogP contribution in [0.1, 0.15) is 52.4 Å². The number of aliphatic hydroxyl groups is 1. The molecular formula is C20H33NO. The average Bonchev–Trinajstić information content (AvgIpc) is 2.81. The maximum absolute atomic E-state index is 10.8. The van der Waals surface area contributed by atoms with Gasteiger partial charge in [0, 0.05) is 19.1 Å². The van der Waals surface area contributed by atoms with Crippen molar-refractivity contribution in [2.75, 3.05) is 13.1 Å². The molecule has 22 heavy (non-hydrogen) atoms. The standard InChI is InChI=1S/C20H33NO/c1-4-9-21-13-17-11-15-7-5-6-8-16(15)12-18(17)20(21)19(22)10-14(2)3/h4,12,14-15,17-20,22H,1,5-11,13H2,2-3H3/t15-,17-,18-,19+,20-/m1/s1. The van der Waals surface area contributed by atoms with Gasteiger partial charge >= 0.3 is 0 Å². The predicted molar refractivity (Wildman–Crippen MR) is 92.7 cm³/mol. The molecule has 1 saturated carbocycles. The fourth-order valence-electron chi connectivity index (χ4n) is 5.23. The van der Waals surface area contributed by atoms with Crippen LogP contribution in [0.4, 0.5) is 0 Å². The number of allylic oxidation sites excluding steroid dienone is 1. The van der Waals surface area contributed by atoms with Crippen LogP contribution >= 0.6 is 0 Å². The Morgan fingerprint density at radius 1 is 1.41 bits per heavy atom. The molecule has 0 aromatic rings. The van der Waals surface area contributed by atoms with Gasteiger partial charge in [-0.1, -0.05) is 38.0 Å². The zero-order valence-corrected chi connectivity index (χ0v) is 14.4. The van der Waals surface area contributed by atoms with E-state index in [-0.39, 0.29) is 6.10 Å². The molecule has 0 amide bonds. The molecule has 3 aliphatic rings. The second-order valence-electron chi connectivity index (χ2n) is 8.19. The molecule has 2 nitrogen and oxygen atoms in total. The fourth-order valence-corrected chi connectivity index (χ4v) is 5.23. The lowest BCUT2D eigenvalue weighted by Gasteiger charge is -2.37. The minimum absolute atomic E-state index is 0.202. The number of hydrogen-bond acceptors (Lipinski definition) is 2. The molecule has 0 aromatic heterocycles. The summed E-state index contributed by atoms with van der Waals surface area (Å²) < 4.78 is 0. The minimum atomic E-state index is -0.202. The second-order valence-corrected chi connectivity index (χ2v) is 8.19. The Labute approximate surface area is 136 Å². The van der Waals surface area contributed by atoms with Crippen molar-refractivity contribution in [2.24, 2.45) is 23.7 Å². The summed E-state index contributed by atoms with van der Waals surface area (Å²) in [6.45, 7) is 10.4. The van der Waals surface area contributed by atoms with Crippen LogP contribution in [0.5, 0.6) is 0 Å². The molecular weight excluding hydrogens is 270 g/mol. The van der Waals surface area contributed by atoms with Crippen LogP contribution in [0.15, 0.2) is 24.3 Å². The summed E-state index contributed by atoms with van der Waals surface area (Å²) in [5.74, 6) is 2.72. The molecule has 2 fully saturated rings. The van der Waals surface area contributed by atoms with E-state index in [4.69, 9.17) is 0 Å². The third kappa shape index (κ3) is 3.19. The van der Waals surface area contributed by atoms with Crippen molar-refractivity contribution in [3.63, 3.8) is 0 Å². The molecule has 0 aromatic carbocycles. The maximum Gasteiger partial charge on any atom is 0.0703 e. The van der Waals surface area contributed by atoms with Gasteiger partial charge in [-0.3, -0.25) is 4.90 Å². The first-order valence-corrected chi connectivity index (χ1v) is 9.33. The van der Waals surface area contributed by atoms with Gasteiger partial charge in [0.2, 0.25) is 0 Å². The van der Waals surface area contributed by atoms with Crippen molar-refractivity contribution in [3.8, 4) is 0 Å². The van der Waals surface area contributed by atoms with Gasteiger partial charge in [0.25, 0.3) is 0 Å². The third-order valence-electron chi connectivity index (χ3n) is 6.09. The Morgan fingerprint density at radius 2 is 2.23 bits per heavy atom. The molecule has 0 spiro atoms. The fraction of sp³-hybridized carbons (Fsp3) is 0.800. The Kier molecular flexibility index (Phi) is 5.09. The highest BCUT2D eigenvalue weighted by Gasteiger charge is 2.46. The number of aliphatic hydroxyl groups excluding tert-OH is 1. The van der Waals surface area contributed by atoms with Crippen molar-refractivity contribution < 1.29 is 5.11 Å². The van der Waals surface area contributed by atoms with Crippen LogP contribution in [0.25, 0.3) is 0 Å². The summed E-state index contributed by atoms with van der Waals surface area (Å²) in [5.41, 5.74) is 1.72. The molecule has 0 bridgehead atoms. The Hall–Kier alpha value is -0.600. The van der Waals surface area contributed by atoms with Gasteiger partial charge in [0.15, 0.2) is 0 Å². The molecule has 1 aliphatic heterocycles. The van der Waals surface area contributed by atoms with Crippen LogP contribution in [0.3, 0.4) is 0 Å². The number of hydrogen-bond donors (Lipinski definition) is 1. The normalized spacial score (nSPS) is 36.6. The molecule has 2 aliphatic carbocycles. The Bertz CT molecular complexity index is 427. The molecule has 3 rings (SSSR count). The van der Waals surface area contributed by atoms with Crippen LogP contribution in [-0.2, 0) is 0 Å². The predicted octanol–water partition coefficient (Wildman–Crippen LogP) is 4.02. The summed E-state index contributed by atoms with van der Waals surface area (Å²) in [6.07, 6.45) is 12.2. The Balaban J connectivity index is 1.82. The van der Waals surface area contributed by atoms with E-state index in [1.807, 2.05) is 6.08 Å². The number of nitrogens with zero attached hydrogens (tertiary/aromatic N) is 1. The monoisotopic (exact) mass is 303 g/mol. The van der Waals surface area contributed by atoms with Crippen molar-refractivity contribution >= 4 is 0 Å². The Morgan fingerprint density at radius 3 is 2.95 bits per heavy atom. The molecule has 1 saturated heterocycles. The molecule has 124 valence electrons. The summed E-state index contributed by atoms with van der Waals surface area (Å²) >= 11 is 0. The minimum Gasteiger partial charge on any atom is -0.391 e. The van der Waals surface area contributed by atoms with Gasteiger partial charge in [-0.25, -0.2) is 0 Å². The maximum atomic E-state index is 10.8. The highest BCUT2D eigenvalue weighted by molar-refractivity contribution is 5.20. The van der Waals surface area contributed by atoms with E-state index in [0.717, 1.165) is 31.3 Å². The van der Waals surface area contributed by atoms with Gasteiger partial charge in [-0.2, -0.15) is 0 Å². The second kappa shape index (κ2) is 6.88. The first-order chi connectivity index (χ1) is 10.6. The van der Waals surface area contributed by atoms with E-state index < -0.39 is 0 Å². The average molecular weight is 303 g/mol. The zero-order valence-electron chi connectivity index (χ0n) is 14.4. The van der Waals surface area contributed by atoms with Crippen LogP contribution < -0.4 is 0 Å². The SMILES string of the molecule is C=CCN1C[C@H]2C[C@H]3CCCCC3=C[C@H]2[C@@H]1[C@@H](O)CC(C)C. The lowest BCUT2D eigenvalue weighted by Crippen LogP contribution is -2.43. The highest BCUT2D eigenvalue weighted by atomic mass is 16.3. The van der Waals surface area contributed by atoms with Crippen molar-refractivity contribution in [1.82, 2.24) is 4.90 Å². The zero-order chi connectivity index (χ0) is 15.7. The van der Waals surface area contributed by atoms with Gasteiger partial charge in [0.05, 0.1) is 6.10 Å². The van der Waals surface area contributed by atoms with Crippen LogP contribution in [-0.4, -0.2) is 35.2 Å².